The van der Waals surface area contributed by atoms with Crippen molar-refractivity contribution in [2.24, 2.45) is 0 Å². The Kier molecular flexibility index (Phi) is 4.65. The summed E-state index contributed by atoms with van der Waals surface area (Å²) in [5.41, 5.74) is 3.30. The van der Waals surface area contributed by atoms with Gasteiger partial charge in [0, 0.05) is 20.6 Å². The molecule has 3 nitrogen and oxygen atoms in total. The van der Waals surface area contributed by atoms with E-state index in [4.69, 9.17) is 9.47 Å². The summed E-state index contributed by atoms with van der Waals surface area (Å²) in [6, 6.07) is 6.08. The van der Waals surface area contributed by atoms with Crippen molar-refractivity contribution in [3.05, 3.63) is 34.9 Å². The number of carbonyl (C=O) groups is 1. The first-order valence-electron chi connectivity index (χ1n) is 5.23. The van der Waals surface area contributed by atoms with Crippen LogP contribution >= 0.6 is 0 Å². The first-order valence-corrected chi connectivity index (χ1v) is 5.23. The van der Waals surface area contributed by atoms with E-state index in [1.165, 1.54) is 14.2 Å². The fourth-order valence-electron chi connectivity index (χ4n) is 1.62. The largest absolute Gasteiger partial charge is 0.349 e. The van der Waals surface area contributed by atoms with Crippen molar-refractivity contribution in [2.75, 3.05) is 14.2 Å². The van der Waals surface area contributed by atoms with E-state index in [9.17, 15) is 4.79 Å². The van der Waals surface area contributed by atoms with E-state index in [1.54, 1.807) is 0 Å². The summed E-state index contributed by atoms with van der Waals surface area (Å²) >= 11 is 0. The summed E-state index contributed by atoms with van der Waals surface area (Å²) in [5.74, 6) is -0.0568. The topological polar surface area (TPSA) is 35.5 Å². The predicted octanol–water partition coefficient (Wildman–Crippen LogP) is 2.03. The van der Waals surface area contributed by atoms with Crippen LogP contribution in [0.3, 0.4) is 0 Å². The highest BCUT2D eigenvalue weighted by Crippen LogP contribution is 2.13. The Balaban J connectivity index is 2.80. The summed E-state index contributed by atoms with van der Waals surface area (Å²) in [5, 5.41) is 0. The fraction of sp³-hybridized carbons (Fsp3) is 0.462. The Bertz CT molecular complexity index is 367. The van der Waals surface area contributed by atoms with Crippen molar-refractivity contribution >= 4 is 5.78 Å². The summed E-state index contributed by atoms with van der Waals surface area (Å²) in [6.45, 7) is 4.01. The molecule has 0 N–H and O–H groups in total. The van der Waals surface area contributed by atoms with Gasteiger partial charge in [0.15, 0.2) is 5.78 Å². The van der Waals surface area contributed by atoms with Crippen molar-refractivity contribution in [1.82, 2.24) is 0 Å². The van der Waals surface area contributed by atoms with E-state index in [0.717, 1.165) is 16.7 Å². The zero-order chi connectivity index (χ0) is 12.1. The van der Waals surface area contributed by atoms with Gasteiger partial charge in [0.05, 0.1) is 0 Å². The molecule has 0 atom stereocenters. The normalized spacial score (nSPS) is 10.8. The molecule has 0 unspecified atom stereocenters. The molecule has 0 bridgehead atoms. The third kappa shape index (κ3) is 3.15. The fourth-order valence-corrected chi connectivity index (χ4v) is 1.62. The van der Waals surface area contributed by atoms with Gasteiger partial charge >= 0.3 is 0 Å². The van der Waals surface area contributed by atoms with E-state index in [1.807, 2.05) is 32.0 Å². The van der Waals surface area contributed by atoms with Crippen LogP contribution in [0, 0.1) is 13.8 Å². The Labute approximate surface area is 96.4 Å². The van der Waals surface area contributed by atoms with Crippen LogP contribution in [0.25, 0.3) is 0 Å². The van der Waals surface area contributed by atoms with Crippen molar-refractivity contribution < 1.29 is 14.3 Å². The highest BCUT2D eigenvalue weighted by molar-refractivity contribution is 5.84. The van der Waals surface area contributed by atoms with E-state index >= 15 is 0 Å². The summed E-state index contributed by atoms with van der Waals surface area (Å²) in [7, 11) is 2.93. The molecule has 0 saturated heterocycles. The SMILES string of the molecule is COC(OC)C(=O)Cc1cc(C)ccc1C. The third-order valence-corrected chi connectivity index (χ3v) is 2.56. The molecule has 88 valence electrons. The molecule has 0 spiro atoms. The first kappa shape index (κ1) is 12.9. The van der Waals surface area contributed by atoms with Gasteiger partial charge in [-0.05, 0) is 25.0 Å². The molecule has 1 aromatic carbocycles. The minimum Gasteiger partial charge on any atom is -0.349 e. The molecule has 3 heteroatoms. The van der Waals surface area contributed by atoms with Crippen LogP contribution in [-0.4, -0.2) is 26.3 Å². The van der Waals surface area contributed by atoms with Gasteiger partial charge in [0.1, 0.15) is 0 Å². The van der Waals surface area contributed by atoms with Crippen LogP contribution < -0.4 is 0 Å². The van der Waals surface area contributed by atoms with Gasteiger partial charge in [-0.15, -0.1) is 0 Å². The van der Waals surface area contributed by atoms with Crippen molar-refractivity contribution in [2.45, 2.75) is 26.6 Å². The van der Waals surface area contributed by atoms with Gasteiger partial charge in [0.2, 0.25) is 6.29 Å². The maximum atomic E-state index is 11.8. The number of ketones is 1. The second-order valence-corrected chi connectivity index (χ2v) is 3.88. The number of ether oxygens (including phenoxy) is 2. The second-order valence-electron chi connectivity index (χ2n) is 3.88. The lowest BCUT2D eigenvalue weighted by molar-refractivity contribution is -0.155. The van der Waals surface area contributed by atoms with Crippen LogP contribution in [0.1, 0.15) is 16.7 Å². The second kappa shape index (κ2) is 5.77. The summed E-state index contributed by atoms with van der Waals surface area (Å²) in [6.07, 6.45) is -0.417. The molecule has 0 saturated carbocycles. The molecule has 0 fully saturated rings. The number of benzene rings is 1. The van der Waals surface area contributed by atoms with E-state index in [-0.39, 0.29) is 5.78 Å². The molecule has 0 heterocycles. The molecule has 0 radical (unpaired) electrons. The monoisotopic (exact) mass is 222 g/mol. The summed E-state index contributed by atoms with van der Waals surface area (Å²) < 4.78 is 9.86. The van der Waals surface area contributed by atoms with Crippen LogP contribution in [-0.2, 0) is 20.7 Å². The Morgan fingerprint density at radius 3 is 2.44 bits per heavy atom. The molecular weight excluding hydrogens is 204 g/mol. The average Bonchev–Trinajstić information content (AvgIpc) is 2.25. The molecule has 0 aliphatic carbocycles. The van der Waals surface area contributed by atoms with Crippen molar-refractivity contribution in [1.29, 1.82) is 0 Å². The standard InChI is InChI=1S/C13H18O3/c1-9-5-6-10(2)11(7-9)8-12(14)13(15-3)16-4/h5-7,13H,8H2,1-4H3. The van der Waals surface area contributed by atoms with Crippen molar-refractivity contribution in [3.63, 3.8) is 0 Å². The van der Waals surface area contributed by atoms with Gasteiger partial charge in [-0.3, -0.25) is 4.79 Å². The first-order chi connectivity index (χ1) is 7.58. The number of aryl methyl sites for hydroxylation is 2. The van der Waals surface area contributed by atoms with E-state index < -0.39 is 6.29 Å². The Morgan fingerprint density at radius 1 is 1.25 bits per heavy atom. The number of carbonyl (C=O) groups excluding carboxylic acids is 1. The molecule has 0 aromatic heterocycles. The maximum absolute atomic E-state index is 11.8. The van der Waals surface area contributed by atoms with Gasteiger partial charge in [-0.25, -0.2) is 0 Å². The average molecular weight is 222 g/mol. The lowest BCUT2D eigenvalue weighted by Gasteiger charge is -2.13. The van der Waals surface area contributed by atoms with Gasteiger partial charge < -0.3 is 9.47 Å². The van der Waals surface area contributed by atoms with Gasteiger partial charge in [-0.2, -0.15) is 0 Å². The van der Waals surface area contributed by atoms with Crippen molar-refractivity contribution in [3.8, 4) is 0 Å². The number of Topliss-reactive ketones (excluding diaryl/α,β-unsaturated/α-hetero) is 1. The lowest BCUT2D eigenvalue weighted by Crippen LogP contribution is -2.26. The minimum atomic E-state index is -0.764. The summed E-state index contributed by atoms with van der Waals surface area (Å²) in [4.78, 5) is 11.8. The number of hydrogen-bond donors (Lipinski definition) is 0. The quantitative estimate of drug-likeness (QED) is 0.715. The molecule has 0 amide bonds. The zero-order valence-corrected chi connectivity index (χ0v) is 10.2. The molecule has 0 aliphatic heterocycles. The highest BCUT2D eigenvalue weighted by Gasteiger charge is 2.17. The van der Waals surface area contributed by atoms with Crippen LogP contribution in [0.4, 0.5) is 0 Å². The minimum absolute atomic E-state index is 0.0568. The molecular formula is C13H18O3. The van der Waals surface area contributed by atoms with Crippen LogP contribution in [0.5, 0.6) is 0 Å². The maximum Gasteiger partial charge on any atom is 0.217 e. The van der Waals surface area contributed by atoms with Crippen LogP contribution in [0.2, 0.25) is 0 Å². The highest BCUT2D eigenvalue weighted by atomic mass is 16.7. The zero-order valence-electron chi connectivity index (χ0n) is 10.2. The Morgan fingerprint density at radius 2 is 1.88 bits per heavy atom. The molecule has 16 heavy (non-hydrogen) atoms. The molecule has 1 aromatic rings. The third-order valence-electron chi connectivity index (χ3n) is 2.56. The predicted molar refractivity (Wildman–Crippen MR) is 62.4 cm³/mol. The smallest absolute Gasteiger partial charge is 0.217 e. The van der Waals surface area contributed by atoms with E-state index in [2.05, 4.69) is 0 Å². The molecule has 1 rings (SSSR count). The number of methoxy groups -OCH3 is 2. The lowest BCUT2D eigenvalue weighted by atomic mass is 10.0. The van der Waals surface area contributed by atoms with Gasteiger partial charge in [-0.1, -0.05) is 23.8 Å². The number of hydrogen-bond acceptors (Lipinski definition) is 3. The molecule has 0 aliphatic rings. The number of rotatable bonds is 5. The van der Waals surface area contributed by atoms with E-state index in [0.29, 0.717) is 6.42 Å². The van der Waals surface area contributed by atoms with Crippen LogP contribution in [0.15, 0.2) is 18.2 Å². The Hall–Kier alpha value is -1.19. The van der Waals surface area contributed by atoms with Gasteiger partial charge in [0.25, 0.3) is 0 Å².